The summed E-state index contributed by atoms with van der Waals surface area (Å²) in [6, 6.07) is 0. The molecule has 19 heavy (non-hydrogen) atoms. The Hall–Kier alpha value is -0.330. The third kappa shape index (κ3) is 2.76. The van der Waals surface area contributed by atoms with Crippen LogP contribution in [0.3, 0.4) is 0 Å². The zero-order valence-corrected chi connectivity index (χ0v) is 13.6. The van der Waals surface area contributed by atoms with E-state index in [2.05, 4.69) is 27.7 Å². The molecule has 0 unspecified atom stereocenters. The van der Waals surface area contributed by atoms with Gasteiger partial charge < -0.3 is 4.79 Å². The first kappa shape index (κ1) is 15.1. The molecule has 0 aromatic heterocycles. The molecule has 2 saturated carbocycles. The molecular weight excluding hydrogens is 232 g/mol. The van der Waals surface area contributed by atoms with Crippen molar-refractivity contribution in [3.63, 3.8) is 0 Å². The van der Waals surface area contributed by atoms with Crippen molar-refractivity contribution in [2.45, 2.75) is 79.6 Å². The number of hydrogen-bond acceptors (Lipinski definition) is 1. The van der Waals surface area contributed by atoms with E-state index in [1.165, 1.54) is 32.1 Å². The van der Waals surface area contributed by atoms with E-state index in [-0.39, 0.29) is 0 Å². The summed E-state index contributed by atoms with van der Waals surface area (Å²) in [5.41, 5.74) is 0.983. The average molecular weight is 264 g/mol. The molecule has 0 aromatic carbocycles. The minimum Gasteiger partial charge on any atom is -0.300 e. The first-order valence-corrected chi connectivity index (χ1v) is 8.27. The Kier molecular flexibility index (Phi) is 4.14. The fourth-order valence-corrected chi connectivity index (χ4v) is 5.58. The Balaban J connectivity index is 2.22. The summed E-state index contributed by atoms with van der Waals surface area (Å²) in [6.45, 7) is 11.7. The highest BCUT2D eigenvalue weighted by Gasteiger charge is 2.53. The molecule has 0 radical (unpaired) electrons. The van der Waals surface area contributed by atoms with Gasteiger partial charge in [-0.3, -0.25) is 0 Å². The van der Waals surface area contributed by atoms with Gasteiger partial charge in [0, 0.05) is 6.42 Å². The molecule has 0 N–H and O–H groups in total. The number of carbonyl (C=O) groups excluding carboxylic acids is 1. The molecule has 0 amide bonds. The van der Waals surface area contributed by atoms with Crippen molar-refractivity contribution in [1.82, 2.24) is 0 Å². The van der Waals surface area contributed by atoms with Gasteiger partial charge in [0.1, 0.15) is 5.78 Å². The quantitative estimate of drug-likeness (QED) is 0.681. The Labute approximate surface area is 119 Å². The van der Waals surface area contributed by atoms with Gasteiger partial charge in [-0.05, 0) is 61.2 Å². The molecular formula is C18H32O. The van der Waals surface area contributed by atoms with Gasteiger partial charge in [0.05, 0.1) is 0 Å². The van der Waals surface area contributed by atoms with Gasteiger partial charge in [0.25, 0.3) is 0 Å². The summed E-state index contributed by atoms with van der Waals surface area (Å²) in [6.07, 6.45) is 8.84. The van der Waals surface area contributed by atoms with E-state index in [0.29, 0.717) is 16.6 Å². The molecule has 0 bridgehead atoms. The number of fused-ring (bicyclic) bond motifs is 1. The van der Waals surface area contributed by atoms with Crippen molar-refractivity contribution in [3.8, 4) is 0 Å². The van der Waals surface area contributed by atoms with Gasteiger partial charge in [-0.2, -0.15) is 0 Å². The summed E-state index contributed by atoms with van der Waals surface area (Å²) in [5.74, 6) is 2.79. The molecule has 110 valence electrons. The third-order valence-electron chi connectivity index (χ3n) is 6.53. The molecule has 0 saturated heterocycles. The van der Waals surface area contributed by atoms with Gasteiger partial charge in [-0.1, -0.05) is 40.5 Å². The standard InChI is InChI=1S/C18H32O/c1-13-7-10-16-17(3,4)11-6-12-18(16,5)15(13)9-8-14(2)19/h13,15-16H,6-12H2,1-5H3/t13-,15-,16-,18+/m0/s1. The van der Waals surface area contributed by atoms with Gasteiger partial charge in [-0.15, -0.1) is 0 Å². The Morgan fingerprint density at radius 2 is 1.84 bits per heavy atom. The summed E-state index contributed by atoms with van der Waals surface area (Å²) < 4.78 is 0. The minimum atomic E-state index is 0.369. The Morgan fingerprint density at radius 3 is 2.47 bits per heavy atom. The maximum Gasteiger partial charge on any atom is 0.129 e. The van der Waals surface area contributed by atoms with E-state index < -0.39 is 0 Å². The van der Waals surface area contributed by atoms with E-state index in [4.69, 9.17) is 0 Å². The molecule has 2 aliphatic rings. The second kappa shape index (κ2) is 5.22. The predicted octanol–water partition coefficient (Wildman–Crippen LogP) is 5.23. The largest absolute Gasteiger partial charge is 0.300 e. The number of ketones is 1. The van der Waals surface area contributed by atoms with E-state index in [0.717, 1.165) is 30.6 Å². The molecule has 1 nitrogen and oxygen atoms in total. The molecule has 0 spiro atoms. The molecule has 0 aromatic rings. The first-order valence-electron chi connectivity index (χ1n) is 8.27. The zero-order chi connectivity index (χ0) is 14.3. The van der Waals surface area contributed by atoms with Crippen LogP contribution in [0.15, 0.2) is 0 Å². The lowest BCUT2D eigenvalue weighted by Crippen LogP contribution is -2.51. The van der Waals surface area contributed by atoms with Crippen molar-refractivity contribution < 1.29 is 4.79 Å². The highest BCUT2D eigenvalue weighted by Crippen LogP contribution is 2.61. The molecule has 2 rings (SSSR count). The summed E-state index contributed by atoms with van der Waals surface area (Å²) in [5, 5.41) is 0. The summed E-state index contributed by atoms with van der Waals surface area (Å²) >= 11 is 0. The lowest BCUT2D eigenvalue weighted by molar-refractivity contribution is -0.120. The SMILES string of the molecule is CC(=O)CC[C@H]1[C@@H](C)CC[C@H]2C(C)(C)CCC[C@]12C. The van der Waals surface area contributed by atoms with E-state index in [9.17, 15) is 4.79 Å². The molecule has 2 aliphatic carbocycles. The van der Waals surface area contributed by atoms with Crippen LogP contribution in [0.5, 0.6) is 0 Å². The van der Waals surface area contributed by atoms with Crippen LogP contribution in [0.2, 0.25) is 0 Å². The topological polar surface area (TPSA) is 17.1 Å². The second-order valence-corrected chi connectivity index (χ2v) is 8.30. The van der Waals surface area contributed by atoms with E-state index in [1.807, 2.05) is 0 Å². The molecule has 1 heteroatoms. The summed E-state index contributed by atoms with van der Waals surface area (Å²) in [7, 11) is 0. The van der Waals surface area contributed by atoms with Crippen molar-refractivity contribution in [2.75, 3.05) is 0 Å². The smallest absolute Gasteiger partial charge is 0.129 e. The van der Waals surface area contributed by atoms with Gasteiger partial charge in [-0.25, -0.2) is 0 Å². The maximum absolute atomic E-state index is 11.4. The molecule has 0 heterocycles. The number of hydrogen-bond donors (Lipinski definition) is 0. The monoisotopic (exact) mass is 264 g/mol. The lowest BCUT2D eigenvalue weighted by Gasteiger charge is -2.59. The first-order chi connectivity index (χ1) is 8.77. The van der Waals surface area contributed by atoms with Gasteiger partial charge >= 0.3 is 0 Å². The van der Waals surface area contributed by atoms with Crippen molar-refractivity contribution >= 4 is 5.78 Å². The predicted molar refractivity (Wildman–Crippen MR) is 81.0 cm³/mol. The van der Waals surface area contributed by atoms with Gasteiger partial charge in [0.2, 0.25) is 0 Å². The van der Waals surface area contributed by atoms with Crippen LogP contribution in [0.4, 0.5) is 0 Å². The zero-order valence-electron chi connectivity index (χ0n) is 13.6. The fraction of sp³-hybridized carbons (Fsp3) is 0.944. The highest BCUT2D eigenvalue weighted by atomic mass is 16.1. The van der Waals surface area contributed by atoms with Crippen molar-refractivity contribution in [3.05, 3.63) is 0 Å². The van der Waals surface area contributed by atoms with Crippen LogP contribution >= 0.6 is 0 Å². The lowest BCUT2D eigenvalue weighted by atomic mass is 9.46. The number of carbonyl (C=O) groups is 1. The second-order valence-electron chi connectivity index (χ2n) is 8.30. The third-order valence-corrected chi connectivity index (χ3v) is 6.53. The maximum atomic E-state index is 11.4. The minimum absolute atomic E-state index is 0.369. The normalized spacial score (nSPS) is 41.6. The summed E-state index contributed by atoms with van der Waals surface area (Å²) in [4.78, 5) is 11.4. The molecule has 0 aliphatic heterocycles. The number of Topliss-reactive ketones (excluding diaryl/α,β-unsaturated/α-hetero) is 1. The molecule has 2 fully saturated rings. The van der Waals surface area contributed by atoms with Crippen molar-refractivity contribution in [1.29, 1.82) is 0 Å². The van der Waals surface area contributed by atoms with Crippen LogP contribution in [-0.2, 0) is 4.79 Å². The van der Waals surface area contributed by atoms with Crippen LogP contribution < -0.4 is 0 Å². The van der Waals surface area contributed by atoms with Crippen LogP contribution in [0.25, 0.3) is 0 Å². The van der Waals surface area contributed by atoms with Crippen LogP contribution in [0, 0.1) is 28.6 Å². The fourth-order valence-electron chi connectivity index (χ4n) is 5.58. The van der Waals surface area contributed by atoms with Crippen molar-refractivity contribution in [2.24, 2.45) is 28.6 Å². The van der Waals surface area contributed by atoms with Crippen LogP contribution in [0.1, 0.15) is 79.6 Å². The number of rotatable bonds is 3. The van der Waals surface area contributed by atoms with Gasteiger partial charge in [0.15, 0.2) is 0 Å². The molecule has 4 atom stereocenters. The Morgan fingerprint density at radius 1 is 1.16 bits per heavy atom. The van der Waals surface area contributed by atoms with Crippen LogP contribution in [-0.4, -0.2) is 5.78 Å². The highest BCUT2D eigenvalue weighted by molar-refractivity contribution is 5.75. The van der Waals surface area contributed by atoms with E-state index in [1.54, 1.807) is 6.92 Å². The average Bonchev–Trinajstić information content (AvgIpc) is 2.26. The Bertz CT molecular complexity index is 344. The van der Waals surface area contributed by atoms with E-state index >= 15 is 0 Å².